The largest absolute Gasteiger partial charge is 0.358 e. The second kappa shape index (κ2) is 4.31. The molecular formula is C7H15N3O. The van der Waals surface area contributed by atoms with E-state index in [1.54, 1.807) is 7.05 Å². The van der Waals surface area contributed by atoms with Crippen molar-refractivity contribution in [3.05, 3.63) is 0 Å². The van der Waals surface area contributed by atoms with Crippen LogP contribution in [-0.4, -0.2) is 38.6 Å². The number of likely N-dealkylation sites (N-methyl/N-ethyl adjacent to an activating group) is 1. The number of carbonyl (C=O) groups excluding carboxylic acids is 1. The molecule has 1 saturated heterocycles. The van der Waals surface area contributed by atoms with E-state index < -0.39 is 0 Å². The maximum absolute atomic E-state index is 10.8. The van der Waals surface area contributed by atoms with Crippen molar-refractivity contribution in [3.8, 4) is 0 Å². The number of amides is 1. The summed E-state index contributed by atoms with van der Waals surface area (Å²) in [7, 11) is 1.65. The van der Waals surface area contributed by atoms with Crippen molar-refractivity contribution in [2.45, 2.75) is 12.5 Å². The Morgan fingerprint density at radius 1 is 1.73 bits per heavy atom. The van der Waals surface area contributed by atoms with Crippen LogP contribution >= 0.6 is 0 Å². The third-order valence-corrected chi connectivity index (χ3v) is 1.89. The van der Waals surface area contributed by atoms with Crippen LogP contribution in [0.1, 0.15) is 6.42 Å². The van der Waals surface area contributed by atoms with E-state index in [1.165, 1.54) is 0 Å². The minimum absolute atomic E-state index is 0.0527. The third-order valence-electron chi connectivity index (χ3n) is 1.89. The summed E-state index contributed by atoms with van der Waals surface area (Å²) in [5.74, 6) is 0.0527. The molecule has 64 valence electrons. The number of hydrogen-bond acceptors (Lipinski definition) is 3. The molecule has 1 fully saturated rings. The lowest BCUT2D eigenvalue weighted by molar-refractivity contribution is -0.119. The first-order chi connectivity index (χ1) is 5.33. The minimum Gasteiger partial charge on any atom is -0.358 e. The quantitative estimate of drug-likeness (QED) is 0.476. The molecule has 4 heteroatoms. The van der Waals surface area contributed by atoms with Gasteiger partial charge in [0, 0.05) is 19.6 Å². The van der Waals surface area contributed by atoms with Crippen molar-refractivity contribution in [1.82, 2.24) is 16.0 Å². The van der Waals surface area contributed by atoms with Crippen molar-refractivity contribution >= 4 is 5.91 Å². The van der Waals surface area contributed by atoms with Gasteiger partial charge < -0.3 is 16.0 Å². The maximum atomic E-state index is 10.8. The summed E-state index contributed by atoms with van der Waals surface area (Å²) in [6.07, 6.45) is 1.12. The standard InChI is InChI=1S/C7H15N3O/c1-8-7(11)5-10-6-2-3-9-4-6/h6,9-10H,2-5H2,1H3,(H,8,11). The van der Waals surface area contributed by atoms with E-state index in [9.17, 15) is 4.79 Å². The van der Waals surface area contributed by atoms with Crippen LogP contribution in [0.25, 0.3) is 0 Å². The number of nitrogens with one attached hydrogen (secondary N) is 3. The van der Waals surface area contributed by atoms with Crippen molar-refractivity contribution in [2.75, 3.05) is 26.7 Å². The topological polar surface area (TPSA) is 53.2 Å². The average Bonchev–Trinajstić information content (AvgIpc) is 2.52. The fourth-order valence-electron chi connectivity index (χ4n) is 1.15. The summed E-state index contributed by atoms with van der Waals surface area (Å²) >= 11 is 0. The van der Waals surface area contributed by atoms with Gasteiger partial charge in [0.2, 0.25) is 5.91 Å². The first-order valence-corrected chi connectivity index (χ1v) is 3.97. The Kier molecular flexibility index (Phi) is 3.32. The number of carbonyl (C=O) groups is 1. The van der Waals surface area contributed by atoms with Gasteiger partial charge in [0.15, 0.2) is 0 Å². The van der Waals surface area contributed by atoms with Crippen LogP contribution in [0.2, 0.25) is 0 Å². The van der Waals surface area contributed by atoms with E-state index in [2.05, 4.69) is 16.0 Å². The van der Waals surface area contributed by atoms with Crippen LogP contribution < -0.4 is 16.0 Å². The lowest BCUT2D eigenvalue weighted by Gasteiger charge is -2.09. The van der Waals surface area contributed by atoms with Gasteiger partial charge in [0.25, 0.3) is 0 Å². The van der Waals surface area contributed by atoms with Gasteiger partial charge >= 0.3 is 0 Å². The van der Waals surface area contributed by atoms with Crippen molar-refractivity contribution in [2.24, 2.45) is 0 Å². The fraction of sp³-hybridized carbons (Fsp3) is 0.857. The smallest absolute Gasteiger partial charge is 0.233 e. The predicted molar refractivity (Wildman–Crippen MR) is 43.3 cm³/mol. The highest BCUT2D eigenvalue weighted by Crippen LogP contribution is 1.95. The fourth-order valence-corrected chi connectivity index (χ4v) is 1.15. The summed E-state index contributed by atoms with van der Waals surface area (Å²) in [6, 6.07) is 0.479. The van der Waals surface area contributed by atoms with Gasteiger partial charge in [-0.1, -0.05) is 0 Å². The van der Waals surface area contributed by atoms with E-state index in [0.717, 1.165) is 19.5 Å². The molecule has 0 spiro atoms. The lowest BCUT2D eigenvalue weighted by atomic mass is 10.2. The Labute approximate surface area is 66.7 Å². The van der Waals surface area contributed by atoms with Crippen molar-refractivity contribution < 1.29 is 4.79 Å². The number of hydrogen-bond donors (Lipinski definition) is 3. The zero-order chi connectivity index (χ0) is 8.10. The van der Waals surface area contributed by atoms with E-state index >= 15 is 0 Å². The molecule has 4 nitrogen and oxygen atoms in total. The Hall–Kier alpha value is -0.610. The van der Waals surface area contributed by atoms with Crippen LogP contribution in [0.3, 0.4) is 0 Å². The SMILES string of the molecule is CNC(=O)CNC1CCNC1. The first-order valence-electron chi connectivity index (χ1n) is 3.97. The predicted octanol–water partition coefficient (Wildman–Crippen LogP) is -1.32. The molecule has 11 heavy (non-hydrogen) atoms. The molecule has 3 N–H and O–H groups in total. The molecule has 1 aliphatic heterocycles. The summed E-state index contributed by atoms with van der Waals surface area (Å²) < 4.78 is 0. The average molecular weight is 157 g/mol. The van der Waals surface area contributed by atoms with E-state index in [4.69, 9.17) is 0 Å². The summed E-state index contributed by atoms with van der Waals surface area (Å²) in [5.41, 5.74) is 0. The lowest BCUT2D eigenvalue weighted by Crippen LogP contribution is -2.38. The van der Waals surface area contributed by atoms with E-state index in [0.29, 0.717) is 12.6 Å². The first kappa shape index (κ1) is 8.49. The van der Waals surface area contributed by atoms with Gasteiger partial charge in [-0.15, -0.1) is 0 Å². The molecular weight excluding hydrogens is 142 g/mol. The Morgan fingerprint density at radius 3 is 3.09 bits per heavy atom. The van der Waals surface area contributed by atoms with Gasteiger partial charge in [-0.3, -0.25) is 4.79 Å². The Balaban J connectivity index is 2.06. The van der Waals surface area contributed by atoms with Gasteiger partial charge in [0.05, 0.1) is 6.54 Å². The molecule has 1 rings (SSSR count). The van der Waals surface area contributed by atoms with Crippen LogP contribution in [0, 0.1) is 0 Å². The summed E-state index contributed by atoms with van der Waals surface area (Å²) in [5, 5.41) is 8.94. The third kappa shape index (κ3) is 2.86. The number of rotatable bonds is 3. The molecule has 1 aliphatic rings. The zero-order valence-corrected chi connectivity index (χ0v) is 6.81. The summed E-state index contributed by atoms with van der Waals surface area (Å²) in [6.45, 7) is 2.48. The molecule has 0 aromatic heterocycles. The molecule has 1 unspecified atom stereocenters. The van der Waals surface area contributed by atoms with Gasteiger partial charge in [-0.05, 0) is 13.0 Å². The monoisotopic (exact) mass is 157 g/mol. The van der Waals surface area contributed by atoms with E-state index in [-0.39, 0.29) is 5.91 Å². The van der Waals surface area contributed by atoms with Crippen molar-refractivity contribution in [1.29, 1.82) is 0 Å². The normalized spacial score (nSPS) is 23.5. The molecule has 0 aliphatic carbocycles. The minimum atomic E-state index is 0.0527. The highest BCUT2D eigenvalue weighted by Gasteiger charge is 2.13. The molecule has 0 aromatic rings. The maximum Gasteiger partial charge on any atom is 0.233 e. The molecule has 1 atom stereocenters. The highest BCUT2D eigenvalue weighted by atomic mass is 16.1. The molecule has 0 bridgehead atoms. The molecule has 1 heterocycles. The Bertz CT molecular complexity index is 132. The molecule has 0 aromatic carbocycles. The van der Waals surface area contributed by atoms with Crippen LogP contribution in [0.5, 0.6) is 0 Å². The molecule has 0 saturated carbocycles. The molecule has 0 radical (unpaired) electrons. The second-order valence-corrected chi connectivity index (χ2v) is 2.74. The van der Waals surface area contributed by atoms with E-state index in [1.807, 2.05) is 0 Å². The zero-order valence-electron chi connectivity index (χ0n) is 6.81. The highest BCUT2D eigenvalue weighted by molar-refractivity contribution is 5.77. The Morgan fingerprint density at radius 2 is 2.55 bits per heavy atom. The molecule has 1 amide bonds. The second-order valence-electron chi connectivity index (χ2n) is 2.74. The van der Waals surface area contributed by atoms with Crippen molar-refractivity contribution in [3.63, 3.8) is 0 Å². The van der Waals surface area contributed by atoms with Crippen LogP contribution in [0.4, 0.5) is 0 Å². The van der Waals surface area contributed by atoms with Crippen LogP contribution in [-0.2, 0) is 4.79 Å². The van der Waals surface area contributed by atoms with Gasteiger partial charge in [0.1, 0.15) is 0 Å². The van der Waals surface area contributed by atoms with Gasteiger partial charge in [-0.2, -0.15) is 0 Å². The summed E-state index contributed by atoms with van der Waals surface area (Å²) in [4.78, 5) is 10.8. The van der Waals surface area contributed by atoms with Gasteiger partial charge in [-0.25, -0.2) is 0 Å². The van der Waals surface area contributed by atoms with Crippen LogP contribution in [0.15, 0.2) is 0 Å².